The number of halogens is 1. The number of nitrogens with zero attached hydrogens (tertiary/aromatic N) is 1. The lowest BCUT2D eigenvalue weighted by atomic mass is 10.2. The second-order valence-electron chi connectivity index (χ2n) is 5.87. The summed E-state index contributed by atoms with van der Waals surface area (Å²) in [7, 11) is 6.19. The number of furan rings is 1. The average molecular weight is 348 g/mol. The van der Waals surface area contributed by atoms with Gasteiger partial charge in [0.2, 0.25) is 5.76 Å². The molecule has 20 heavy (non-hydrogen) atoms. The highest BCUT2D eigenvalue weighted by Crippen LogP contribution is 2.12. The number of esters is 1. The van der Waals surface area contributed by atoms with E-state index in [0.717, 1.165) is 29.6 Å². The first kappa shape index (κ1) is 19.2. The number of rotatable bonds is 8. The number of ether oxygens (including phenoxy) is 1. The zero-order chi connectivity index (χ0) is 14.3. The van der Waals surface area contributed by atoms with E-state index >= 15 is 0 Å². The van der Waals surface area contributed by atoms with Gasteiger partial charge in [-0.25, -0.2) is 4.79 Å². The van der Waals surface area contributed by atoms with Crippen LogP contribution in [0.2, 0.25) is 0 Å². The van der Waals surface area contributed by atoms with Gasteiger partial charge in [0.1, 0.15) is 18.9 Å². The van der Waals surface area contributed by atoms with Gasteiger partial charge in [0.15, 0.2) is 0 Å². The zero-order valence-corrected chi connectivity index (χ0v) is 14.5. The Morgan fingerprint density at radius 1 is 1.25 bits per heavy atom. The van der Waals surface area contributed by atoms with Crippen molar-refractivity contribution in [2.24, 2.45) is 0 Å². The molecule has 1 heterocycles. The molecule has 0 fully saturated rings. The van der Waals surface area contributed by atoms with Crippen molar-refractivity contribution in [2.45, 2.75) is 32.6 Å². The molecule has 0 aliphatic heterocycles. The van der Waals surface area contributed by atoms with Crippen molar-refractivity contribution in [3.63, 3.8) is 0 Å². The monoisotopic (exact) mass is 347 g/mol. The molecule has 1 rings (SSSR count). The van der Waals surface area contributed by atoms with Crippen molar-refractivity contribution in [3.8, 4) is 0 Å². The molecule has 116 valence electrons. The van der Waals surface area contributed by atoms with Crippen LogP contribution in [0.25, 0.3) is 0 Å². The van der Waals surface area contributed by atoms with Gasteiger partial charge in [-0.2, -0.15) is 0 Å². The highest BCUT2D eigenvalue weighted by Gasteiger charge is 2.14. The SMILES string of the molecule is CCCCCc1ccc(C(=O)OCC[N+](C)(C)C)o1.[Br-]. The van der Waals surface area contributed by atoms with Gasteiger partial charge in [0, 0.05) is 6.42 Å². The van der Waals surface area contributed by atoms with Crippen molar-refractivity contribution in [2.75, 3.05) is 34.3 Å². The lowest BCUT2D eigenvalue weighted by molar-refractivity contribution is -0.870. The molecule has 0 spiro atoms. The highest BCUT2D eigenvalue weighted by molar-refractivity contribution is 5.86. The lowest BCUT2D eigenvalue weighted by Gasteiger charge is -2.23. The molecule has 0 aliphatic carbocycles. The molecule has 0 radical (unpaired) electrons. The summed E-state index contributed by atoms with van der Waals surface area (Å²) < 4.78 is 11.5. The molecule has 1 aromatic rings. The van der Waals surface area contributed by atoms with E-state index < -0.39 is 0 Å². The van der Waals surface area contributed by atoms with Gasteiger partial charge in [-0.05, 0) is 18.6 Å². The normalized spacial score (nSPS) is 11.0. The Labute approximate surface area is 132 Å². The van der Waals surface area contributed by atoms with Crippen LogP contribution in [0, 0.1) is 0 Å². The van der Waals surface area contributed by atoms with Gasteiger partial charge in [0.25, 0.3) is 0 Å². The minimum Gasteiger partial charge on any atom is -1.00 e. The van der Waals surface area contributed by atoms with Crippen LogP contribution in [0.1, 0.15) is 42.5 Å². The van der Waals surface area contributed by atoms with Gasteiger partial charge >= 0.3 is 5.97 Å². The van der Waals surface area contributed by atoms with Crippen LogP contribution in [0.4, 0.5) is 0 Å². The molecule has 4 nitrogen and oxygen atoms in total. The van der Waals surface area contributed by atoms with Crippen LogP contribution in [-0.2, 0) is 11.2 Å². The fourth-order valence-corrected chi connectivity index (χ4v) is 1.65. The van der Waals surface area contributed by atoms with Crippen LogP contribution in [0.5, 0.6) is 0 Å². The van der Waals surface area contributed by atoms with Crippen molar-refractivity contribution in [1.82, 2.24) is 0 Å². The summed E-state index contributed by atoms with van der Waals surface area (Å²) in [4.78, 5) is 11.8. The summed E-state index contributed by atoms with van der Waals surface area (Å²) in [6.45, 7) is 3.36. The second kappa shape index (κ2) is 9.19. The summed E-state index contributed by atoms with van der Waals surface area (Å²) in [5, 5.41) is 0. The van der Waals surface area contributed by atoms with E-state index in [0.29, 0.717) is 12.4 Å². The number of unbranched alkanes of at least 4 members (excludes halogenated alkanes) is 2. The molecule has 0 saturated carbocycles. The minimum atomic E-state index is -0.366. The Morgan fingerprint density at radius 2 is 1.95 bits per heavy atom. The van der Waals surface area contributed by atoms with E-state index in [1.807, 2.05) is 6.07 Å². The Hall–Kier alpha value is -0.810. The molecule has 0 amide bonds. The van der Waals surface area contributed by atoms with Crippen LogP contribution < -0.4 is 17.0 Å². The molecular weight excluding hydrogens is 322 g/mol. The molecular formula is C15H26BrNO3. The lowest BCUT2D eigenvalue weighted by Crippen LogP contribution is -3.00. The van der Waals surface area contributed by atoms with Crippen molar-refractivity contribution in [3.05, 3.63) is 23.7 Å². The summed E-state index contributed by atoms with van der Waals surface area (Å²) in [6.07, 6.45) is 4.35. The molecule has 0 aromatic carbocycles. The standard InChI is InChI=1S/C15H26NO3.BrH/c1-5-6-7-8-13-9-10-14(19-13)15(17)18-12-11-16(2,3)4;/h9-10H,5-8,11-12H2,1-4H3;1H/q+1;/p-1. The molecule has 0 atom stereocenters. The maximum Gasteiger partial charge on any atom is 0.374 e. The van der Waals surface area contributed by atoms with E-state index in [2.05, 4.69) is 28.1 Å². The van der Waals surface area contributed by atoms with Crippen LogP contribution in [-0.4, -0.2) is 44.7 Å². The molecule has 0 unspecified atom stereocenters. The third-order valence-electron chi connectivity index (χ3n) is 2.88. The predicted octanol–water partition coefficient (Wildman–Crippen LogP) is -0.121. The maximum absolute atomic E-state index is 11.8. The van der Waals surface area contributed by atoms with E-state index in [4.69, 9.17) is 9.15 Å². The summed E-state index contributed by atoms with van der Waals surface area (Å²) in [6, 6.07) is 3.57. The largest absolute Gasteiger partial charge is 1.00 e. The van der Waals surface area contributed by atoms with Crippen molar-refractivity contribution >= 4 is 5.97 Å². The third-order valence-corrected chi connectivity index (χ3v) is 2.88. The minimum absolute atomic E-state index is 0. The van der Waals surface area contributed by atoms with Crippen LogP contribution >= 0.6 is 0 Å². The number of carbonyl (C=O) groups excluding carboxylic acids is 1. The first-order valence-electron chi connectivity index (χ1n) is 6.98. The van der Waals surface area contributed by atoms with Crippen LogP contribution in [0.3, 0.4) is 0 Å². The van der Waals surface area contributed by atoms with E-state index in [9.17, 15) is 4.79 Å². The number of hydrogen-bond acceptors (Lipinski definition) is 3. The summed E-state index contributed by atoms with van der Waals surface area (Å²) in [5.41, 5.74) is 0. The van der Waals surface area contributed by atoms with Gasteiger partial charge in [0.05, 0.1) is 21.1 Å². The molecule has 0 N–H and O–H groups in total. The highest BCUT2D eigenvalue weighted by atomic mass is 79.9. The smallest absolute Gasteiger partial charge is 0.374 e. The first-order valence-corrected chi connectivity index (χ1v) is 6.98. The number of hydrogen-bond donors (Lipinski definition) is 0. The van der Waals surface area contributed by atoms with E-state index in [-0.39, 0.29) is 23.0 Å². The quantitative estimate of drug-likeness (QED) is 0.374. The Balaban J connectivity index is 0.00000361. The fourth-order valence-electron chi connectivity index (χ4n) is 1.65. The van der Waals surface area contributed by atoms with Crippen molar-refractivity contribution < 1.29 is 35.4 Å². The van der Waals surface area contributed by atoms with Crippen LogP contribution in [0.15, 0.2) is 16.5 Å². The maximum atomic E-state index is 11.8. The van der Waals surface area contributed by atoms with E-state index in [1.165, 1.54) is 12.8 Å². The summed E-state index contributed by atoms with van der Waals surface area (Å²) in [5.74, 6) is 0.815. The first-order chi connectivity index (χ1) is 8.92. The van der Waals surface area contributed by atoms with Gasteiger partial charge < -0.3 is 30.6 Å². The number of likely N-dealkylation sites (N-methyl/N-ethyl adjacent to an activating group) is 1. The van der Waals surface area contributed by atoms with Gasteiger partial charge in [-0.15, -0.1) is 0 Å². The molecule has 0 saturated heterocycles. The van der Waals surface area contributed by atoms with Gasteiger partial charge in [-0.1, -0.05) is 19.8 Å². The molecule has 0 aliphatic rings. The van der Waals surface area contributed by atoms with E-state index in [1.54, 1.807) is 6.07 Å². The Bertz CT molecular complexity index is 396. The Kier molecular flexibility index (Phi) is 8.81. The number of quaternary nitrogens is 1. The third kappa shape index (κ3) is 7.70. The number of carbonyl (C=O) groups is 1. The molecule has 5 heteroatoms. The van der Waals surface area contributed by atoms with Crippen molar-refractivity contribution in [1.29, 1.82) is 0 Å². The zero-order valence-electron chi connectivity index (χ0n) is 12.9. The second-order valence-corrected chi connectivity index (χ2v) is 5.87. The number of aryl methyl sites for hydroxylation is 1. The fraction of sp³-hybridized carbons (Fsp3) is 0.667. The van der Waals surface area contributed by atoms with Gasteiger partial charge in [-0.3, -0.25) is 0 Å². The molecule has 0 bridgehead atoms. The Morgan fingerprint density at radius 3 is 2.55 bits per heavy atom. The predicted molar refractivity (Wildman–Crippen MR) is 75.1 cm³/mol. The topological polar surface area (TPSA) is 39.4 Å². The summed E-state index contributed by atoms with van der Waals surface area (Å²) >= 11 is 0. The average Bonchev–Trinajstić information content (AvgIpc) is 2.76. The molecule has 1 aromatic heterocycles.